The highest BCUT2D eigenvalue weighted by atomic mass is 16.5. The van der Waals surface area contributed by atoms with Crippen molar-refractivity contribution < 1.29 is 14.1 Å². The average Bonchev–Trinajstić information content (AvgIpc) is 3.00. The van der Waals surface area contributed by atoms with Gasteiger partial charge in [-0.15, -0.1) is 0 Å². The Hall–Kier alpha value is -1.89. The van der Waals surface area contributed by atoms with E-state index >= 15 is 0 Å². The van der Waals surface area contributed by atoms with Gasteiger partial charge in [0.2, 0.25) is 17.7 Å². The number of nitrogens with one attached hydrogen (secondary N) is 2. The molecule has 2 amide bonds. The highest BCUT2D eigenvalue weighted by Crippen LogP contribution is 2.20. The molecule has 1 atom stereocenters. The van der Waals surface area contributed by atoms with E-state index in [9.17, 15) is 9.59 Å². The molecule has 1 saturated carbocycles. The van der Waals surface area contributed by atoms with Gasteiger partial charge >= 0.3 is 0 Å². The van der Waals surface area contributed by atoms with Gasteiger partial charge < -0.3 is 9.84 Å². The number of nitrogens with zero attached hydrogens (tertiary/aromatic N) is 2. The molecule has 1 aliphatic carbocycles. The molecular weight excluding hydrogens is 320 g/mol. The molecule has 2 N–H and O–H groups in total. The van der Waals surface area contributed by atoms with Gasteiger partial charge in [0.15, 0.2) is 0 Å². The zero-order valence-electron chi connectivity index (χ0n) is 14.9. The summed E-state index contributed by atoms with van der Waals surface area (Å²) in [4.78, 5) is 26.7. The van der Waals surface area contributed by atoms with E-state index in [1.54, 1.807) is 13.0 Å². The van der Waals surface area contributed by atoms with Crippen LogP contribution in [0.15, 0.2) is 10.6 Å². The molecule has 138 valence electrons. The topological polar surface area (TPSA) is 87.5 Å². The molecule has 2 fully saturated rings. The number of amides is 2. The summed E-state index contributed by atoms with van der Waals surface area (Å²) >= 11 is 0. The minimum atomic E-state index is -0.135. The zero-order valence-corrected chi connectivity index (χ0v) is 14.9. The molecule has 7 heteroatoms. The van der Waals surface area contributed by atoms with Gasteiger partial charge in [-0.3, -0.25) is 19.8 Å². The number of aromatic nitrogens is 1. The Morgan fingerprint density at radius 2 is 2.04 bits per heavy atom. The summed E-state index contributed by atoms with van der Waals surface area (Å²) in [6.07, 6.45) is 7.74. The largest absolute Gasteiger partial charge is 0.353 e. The van der Waals surface area contributed by atoms with Crippen LogP contribution in [-0.2, 0) is 9.59 Å². The fraction of sp³-hybridized carbons (Fsp3) is 0.722. The van der Waals surface area contributed by atoms with Gasteiger partial charge in [-0.1, -0.05) is 24.4 Å². The van der Waals surface area contributed by atoms with Gasteiger partial charge in [-0.2, -0.15) is 0 Å². The van der Waals surface area contributed by atoms with E-state index in [0.29, 0.717) is 18.5 Å². The average molecular weight is 348 g/mol. The Bertz CT molecular complexity index is 595. The number of anilines is 1. The van der Waals surface area contributed by atoms with Crippen LogP contribution in [-0.4, -0.2) is 47.5 Å². The van der Waals surface area contributed by atoms with E-state index in [4.69, 9.17) is 4.52 Å². The highest BCUT2D eigenvalue weighted by Gasteiger charge is 2.28. The fourth-order valence-corrected chi connectivity index (χ4v) is 3.78. The Morgan fingerprint density at radius 3 is 2.76 bits per heavy atom. The molecule has 0 bridgehead atoms. The second-order valence-electron chi connectivity index (χ2n) is 7.30. The van der Waals surface area contributed by atoms with Gasteiger partial charge in [0.25, 0.3) is 0 Å². The molecule has 2 heterocycles. The summed E-state index contributed by atoms with van der Waals surface area (Å²) in [6, 6.07) is 2.03. The maximum Gasteiger partial charge on any atom is 0.240 e. The van der Waals surface area contributed by atoms with Gasteiger partial charge in [-0.25, -0.2) is 0 Å². The molecule has 25 heavy (non-hydrogen) atoms. The molecular formula is C18H28N4O3. The first-order valence-corrected chi connectivity index (χ1v) is 9.36. The molecule has 7 nitrogen and oxygen atoms in total. The normalized spacial score (nSPS) is 22.5. The van der Waals surface area contributed by atoms with Gasteiger partial charge in [-0.05, 0) is 39.2 Å². The first kappa shape index (κ1) is 17.9. The predicted octanol–water partition coefficient (Wildman–Crippen LogP) is 2.08. The lowest BCUT2D eigenvalue weighted by Crippen LogP contribution is -2.47. The van der Waals surface area contributed by atoms with Crippen LogP contribution in [0, 0.1) is 12.8 Å². The number of hydrogen-bond acceptors (Lipinski definition) is 5. The van der Waals surface area contributed by atoms with Gasteiger partial charge in [0.1, 0.15) is 0 Å². The number of carbonyl (C=O) groups is 2. The molecule has 1 saturated heterocycles. The van der Waals surface area contributed by atoms with Crippen molar-refractivity contribution in [3.05, 3.63) is 11.8 Å². The summed E-state index contributed by atoms with van der Waals surface area (Å²) in [5.74, 6) is 0.370. The highest BCUT2D eigenvalue weighted by molar-refractivity contribution is 5.91. The van der Waals surface area contributed by atoms with Crippen LogP contribution in [0.4, 0.5) is 5.88 Å². The van der Waals surface area contributed by atoms with Crippen molar-refractivity contribution in [2.45, 2.75) is 57.9 Å². The third-order valence-corrected chi connectivity index (χ3v) is 5.09. The predicted molar refractivity (Wildman–Crippen MR) is 94.0 cm³/mol. The number of piperidine rings is 1. The van der Waals surface area contributed by atoms with E-state index in [2.05, 4.69) is 15.8 Å². The zero-order chi connectivity index (χ0) is 17.6. The molecule has 0 aromatic carbocycles. The van der Waals surface area contributed by atoms with E-state index in [1.807, 2.05) is 4.90 Å². The first-order chi connectivity index (χ1) is 12.1. The third-order valence-electron chi connectivity index (χ3n) is 5.09. The lowest BCUT2D eigenvalue weighted by Gasteiger charge is -2.33. The third kappa shape index (κ3) is 5.29. The molecule has 1 aromatic heterocycles. The van der Waals surface area contributed by atoms with Crippen LogP contribution in [0.3, 0.4) is 0 Å². The van der Waals surface area contributed by atoms with Gasteiger partial charge in [0.05, 0.1) is 18.2 Å². The fourth-order valence-electron chi connectivity index (χ4n) is 3.78. The molecule has 3 rings (SSSR count). The Morgan fingerprint density at radius 1 is 1.24 bits per heavy atom. The Labute approximate surface area is 148 Å². The van der Waals surface area contributed by atoms with E-state index in [-0.39, 0.29) is 24.3 Å². The lowest BCUT2D eigenvalue weighted by molar-refractivity contribution is -0.128. The second-order valence-corrected chi connectivity index (χ2v) is 7.30. The van der Waals surface area contributed by atoms with E-state index in [1.165, 1.54) is 19.3 Å². The molecule has 0 radical (unpaired) electrons. The van der Waals surface area contributed by atoms with Crippen LogP contribution in [0.1, 0.15) is 50.6 Å². The van der Waals surface area contributed by atoms with Crippen LogP contribution in [0.5, 0.6) is 0 Å². The van der Waals surface area contributed by atoms with E-state index < -0.39 is 0 Å². The van der Waals surface area contributed by atoms with Crippen LogP contribution in [0.2, 0.25) is 0 Å². The van der Waals surface area contributed by atoms with Crippen LogP contribution in [0.25, 0.3) is 0 Å². The minimum absolute atomic E-state index is 0.0176. The van der Waals surface area contributed by atoms with Crippen molar-refractivity contribution in [3.8, 4) is 0 Å². The van der Waals surface area contributed by atoms with Crippen molar-refractivity contribution in [1.82, 2.24) is 15.4 Å². The van der Waals surface area contributed by atoms with Crippen molar-refractivity contribution in [3.63, 3.8) is 0 Å². The smallest absolute Gasteiger partial charge is 0.240 e. The monoisotopic (exact) mass is 348 g/mol. The van der Waals surface area contributed by atoms with Crippen molar-refractivity contribution >= 4 is 17.7 Å². The SMILES string of the molecule is Cc1cc(NC(=O)CN2CCC[C@H](C(=O)NC3CCCCC3)C2)on1. The quantitative estimate of drug-likeness (QED) is 0.851. The maximum absolute atomic E-state index is 12.5. The second kappa shape index (κ2) is 8.47. The summed E-state index contributed by atoms with van der Waals surface area (Å²) in [7, 11) is 0. The molecule has 0 unspecified atom stereocenters. The minimum Gasteiger partial charge on any atom is -0.353 e. The Balaban J connectivity index is 1.45. The number of carbonyl (C=O) groups excluding carboxylic acids is 2. The summed E-state index contributed by atoms with van der Waals surface area (Å²) in [5, 5.41) is 9.68. The van der Waals surface area contributed by atoms with Crippen LogP contribution < -0.4 is 10.6 Å². The summed E-state index contributed by atoms with van der Waals surface area (Å²) in [6.45, 7) is 3.56. The first-order valence-electron chi connectivity index (χ1n) is 9.36. The van der Waals surface area contributed by atoms with Crippen molar-refractivity contribution in [2.24, 2.45) is 5.92 Å². The number of likely N-dealkylation sites (tertiary alicyclic amines) is 1. The van der Waals surface area contributed by atoms with E-state index in [0.717, 1.165) is 37.9 Å². The molecule has 2 aliphatic rings. The molecule has 1 aromatic rings. The maximum atomic E-state index is 12.5. The van der Waals surface area contributed by atoms with Crippen molar-refractivity contribution in [1.29, 1.82) is 0 Å². The van der Waals surface area contributed by atoms with Crippen LogP contribution >= 0.6 is 0 Å². The number of hydrogen-bond donors (Lipinski definition) is 2. The summed E-state index contributed by atoms with van der Waals surface area (Å²) < 4.78 is 5.00. The lowest BCUT2D eigenvalue weighted by atomic mass is 9.93. The number of aryl methyl sites for hydroxylation is 1. The van der Waals surface area contributed by atoms with Gasteiger partial charge in [0, 0.05) is 18.7 Å². The van der Waals surface area contributed by atoms with Crippen molar-refractivity contribution in [2.75, 3.05) is 25.0 Å². The standard InChI is InChI=1S/C18H28N4O3/c1-13-10-17(25-21-13)20-16(23)12-22-9-5-6-14(11-22)18(24)19-15-7-3-2-4-8-15/h10,14-15H,2-9,11-12H2,1H3,(H,19,24)(H,20,23)/t14-/m0/s1. The summed E-state index contributed by atoms with van der Waals surface area (Å²) in [5.41, 5.74) is 0.729. The molecule has 1 aliphatic heterocycles. The Kier molecular flexibility index (Phi) is 6.07. The number of rotatable bonds is 5. The molecule has 0 spiro atoms.